The number of hydrogen-bond donors (Lipinski definition) is 0. The van der Waals surface area contributed by atoms with Gasteiger partial charge in [0.2, 0.25) is 0 Å². The normalized spacial score (nSPS) is 17.1. The van der Waals surface area contributed by atoms with Crippen molar-refractivity contribution in [2.75, 3.05) is 0 Å². The van der Waals surface area contributed by atoms with E-state index in [1.165, 1.54) is 0 Å². The first-order valence-corrected chi connectivity index (χ1v) is 7.98. The zero-order chi connectivity index (χ0) is 19.9. The van der Waals surface area contributed by atoms with Crippen molar-refractivity contribution in [1.82, 2.24) is 0 Å². The molecule has 2 aromatic rings. The Morgan fingerprint density at radius 2 is 0.500 bits per heavy atom. The molecule has 0 atom stereocenters. The molecule has 3 rings (SSSR count). The van der Waals surface area contributed by atoms with E-state index in [0.717, 1.165) is 27.3 Å². The van der Waals surface area contributed by atoms with E-state index in [-0.39, 0.29) is 0 Å². The molecule has 0 spiro atoms. The minimum atomic E-state index is -2.81. The van der Waals surface area contributed by atoms with E-state index in [0.29, 0.717) is 0 Å². The van der Waals surface area contributed by atoms with E-state index in [4.69, 9.17) is 0 Å². The molecule has 0 bridgehead atoms. The smallest absolute Gasteiger partial charge is 0.193 e. The van der Waals surface area contributed by atoms with Gasteiger partial charge in [-0.3, -0.25) is 0 Å². The third-order valence-corrected chi connectivity index (χ3v) is 5.57. The fraction of sp³-hybridized carbons (Fsp3) is 0.250. The summed E-state index contributed by atoms with van der Waals surface area (Å²) in [5, 5.41) is 0. The summed E-state index contributed by atoms with van der Waals surface area (Å²) in [6.07, 6.45) is -5.63. The molecule has 0 saturated heterocycles. The number of rotatable bonds is 0. The highest BCUT2D eigenvalue weighted by Crippen LogP contribution is 2.25. The van der Waals surface area contributed by atoms with Gasteiger partial charge in [0.15, 0.2) is 23.3 Å². The van der Waals surface area contributed by atoms with Gasteiger partial charge in [-0.25, -0.2) is 35.1 Å². The Balaban J connectivity index is 2.64. The quantitative estimate of drug-likeness (QED) is 0.287. The Hall–Kier alpha value is -1.99. The lowest BCUT2D eigenvalue weighted by Crippen LogP contribution is -2.81. The summed E-state index contributed by atoms with van der Waals surface area (Å²) in [6.45, 7) is 4.51. The predicted molar refractivity (Wildman–Crippen MR) is 86.0 cm³/mol. The van der Waals surface area contributed by atoms with Crippen LogP contribution in [0.15, 0.2) is 0 Å². The van der Waals surface area contributed by atoms with E-state index < -0.39 is 80.7 Å². The first-order valence-electron chi connectivity index (χ1n) is 7.98. The first kappa shape index (κ1) is 18.8. The molecule has 0 aliphatic carbocycles. The maximum Gasteiger partial charge on any atom is 0.193 e. The molecule has 1 aliphatic rings. The van der Waals surface area contributed by atoms with Crippen molar-refractivity contribution >= 4 is 34.1 Å². The number of fused-ring (bicyclic) bond motifs is 2. The van der Waals surface area contributed by atoms with Gasteiger partial charge in [-0.15, -0.1) is 0 Å². The topological polar surface area (TPSA) is 0 Å². The summed E-state index contributed by atoms with van der Waals surface area (Å²) in [6, 6.07) is 0. The van der Waals surface area contributed by atoms with Crippen LogP contribution in [0.5, 0.6) is 0 Å². The number of hydrogen-bond acceptors (Lipinski definition) is 0. The highest BCUT2D eigenvalue weighted by molar-refractivity contribution is 7.16. The highest BCUT2D eigenvalue weighted by atomic mass is 19.2. The lowest BCUT2D eigenvalue weighted by Gasteiger charge is -2.54. The van der Waals surface area contributed by atoms with E-state index in [2.05, 4.69) is 0 Å². The van der Waals surface area contributed by atoms with Crippen molar-refractivity contribution in [3.8, 4) is 0 Å². The van der Waals surface area contributed by atoms with Crippen LogP contribution in [0.4, 0.5) is 35.1 Å². The second kappa shape index (κ2) is 5.27. The van der Waals surface area contributed by atoms with Gasteiger partial charge in [0.25, 0.3) is 0 Å². The van der Waals surface area contributed by atoms with Crippen LogP contribution in [0.1, 0.15) is 0 Å². The third-order valence-electron chi connectivity index (χ3n) is 5.57. The van der Waals surface area contributed by atoms with Crippen molar-refractivity contribution in [1.29, 1.82) is 0 Å². The highest BCUT2D eigenvalue weighted by Gasteiger charge is 2.43. The fourth-order valence-electron chi connectivity index (χ4n) is 4.44. The molecule has 10 heteroatoms. The van der Waals surface area contributed by atoms with Gasteiger partial charge < -0.3 is 0 Å². The molecule has 0 fully saturated rings. The zero-order valence-electron chi connectivity index (χ0n) is 14.2. The van der Waals surface area contributed by atoms with Gasteiger partial charge in [0.1, 0.15) is 23.3 Å². The fourth-order valence-corrected chi connectivity index (χ4v) is 4.44. The average Bonchev–Trinajstić information content (AvgIpc) is 2.55. The average molecular weight is 378 g/mol. The molecule has 0 nitrogen and oxygen atoms in total. The zero-order valence-corrected chi connectivity index (χ0v) is 14.2. The Labute approximate surface area is 144 Å². The molecule has 140 valence electrons. The largest absolute Gasteiger partial charge is 0.207 e. The van der Waals surface area contributed by atoms with Crippen LogP contribution >= 0.6 is 0 Å². The molecule has 1 heterocycles. The van der Waals surface area contributed by atoms with E-state index in [9.17, 15) is 35.1 Å². The number of benzene rings is 2. The lowest BCUT2D eigenvalue weighted by molar-refractivity contribution is 0.413. The van der Waals surface area contributed by atoms with Crippen LogP contribution in [0.2, 0.25) is 27.3 Å². The van der Waals surface area contributed by atoms with Crippen LogP contribution in [-0.4, -0.2) is 12.3 Å². The van der Waals surface area contributed by atoms with Crippen LogP contribution in [0.25, 0.3) is 0 Å². The van der Waals surface area contributed by atoms with E-state index >= 15 is 0 Å². The Kier molecular flexibility index (Phi) is 3.81. The summed E-state index contributed by atoms with van der Waals surface area (Å²) in [5.74, 6) is -15.4. The van der Waals surface area contributed by atoms with Crippen molar-refractivity contribution in [3.05, 3.63) is 46.5 Å². The van der Waals surface area contributed by atoms with Crippen LogP contribution in [-0.2, 0) is 0 Å². The Morgan fingerprint density at radius 3 is 0.654 bits per heavy atom. The molecule has 0 aromatic heterocycles. The van der Waals surface area contributed by atoms with Crippen molar-refractivity contribution in [2.24, 2.45) is 0 Å². The van der Waals surface area contributed by atoms with Gasteiger partial charge in [-0.05, 0) is 0 Å². The molecule has 26 heavy (non-hydrogen) atoms. The monoisotopic (exact) mass is 378 g/mol. The molecular weight excluding hydrogens is 366 g/mol. The van der Waals surface area contributed by atoms with Crippen LogP contribution < -0.4 is 21.9 Å². The van der Waals surface area contributed by atoms with Crippen LogP contribution in [0.3, 0.4) is 0 Å². The van der Waals surface area contributed by atoms with Gasteiger partial charge in [-0.1, -0.05) is 0 Å². The van der Waals surface area contributed by atoms with Gasteiger partial charge >= 0.3 is 0 Å². The van der Waals surface area contributed by atoms with Gasteiger partial charge in [-0.2, -0.15) is 49.1 Å². The molecule has 0 amide bonds. The number of halogens is 8. The van der Waals surface area contributed by atoms with Crippen molar-refractivity contribution in [2.45, 2.75) is 27.3 Å². The Bertz CT molecular complexity index is 828. The molecular formula is C16H12B2F8-2. The predicted octanol–water partition coefficient (Wildman–Crippen LogP) is 2.76. The van der Waals surface area contributed by atoms with Crippen molar-refractivity contribution < 1.29 is 35.1 Å². The molecule has 0 radical (unpaired) electrons. The maximum atomic E-state index is 14.5. The molecule has 0 unspecified atom stereocenters. The SMILES string of the molecule is C[B-]1(C)c2c(F)c(F)c(F)c(F)c2[B-](C)(C)c2c(F)c(F)c(F)c(F)c21. The molecule has 0 N–H and O–H groups in total. The standard InChI is InChI=1S/C16H12B2F8/c1-17(2)5-7(11(21)15(25)13(23)9(5)19)18(3,4)8-6(17)10(20)14(24)16(26)12(8)22/h1-4H3/q-2. The second-order valence-electron chi connectivity index (χ2n) is 7.92. The summed E-state index contributed by atoms with van der Waals surface area (Å²) in [4.78, 5) is 0. The van der Waals surface area contributed by atoms with E-state index in [1.54, 1.807) is 0 Å². The summed E-state index contributed by atoms with van der Waals surface area (Å²) in [7, 11) is 0. The van der Waals surface area contributed by atoms with Crippen LogP contribution in [0, 0.1) is 46.5 Å². The summed E-state index contributed by atoms with van der Waals surface area (Å²) in [5.41, 5.74) is -2.77. The second-order valence-corrected chi connectivity index (χ2v) is 7.92. The summed E-state index contributed by atoms with van der Waals surface area (Å²) >= 11 is 0. The lowest BCUT2D eigenvalue weighted by atomic mass is 9.06. The minimum Gasteiger partial charge on any atom is -0.207 e. The minimum absolute atomic E-state index is 0.691. The third kappa shape index (κ3) is 1.98. The maximum absolute atomic E-state index is 14.5. The molecule has 2 aromatic carbocycles. The molecule has 1 aliphatic heterocycles. The summed E-state index contributed by atoms with van der Waals surface area (Å²) < 4.78 is 113. The van der Waals surface area contributed by atoms with E-state index in [1.807, 2.05) is 0 Å². The molecule has 0 saturated carbocycles. The first-order chi connectivity index (χ1) is 11.8. The Morgan fingerprint density at radius 1 is 0.346 bits per heavy atom. The van der Waals surface area contributed by atoms with Gasteiger partial charge in [0.05, 0.1) is 0 Å². The van der Waals surface area contributed by atoms with Gasteiger partial charge in [0, 0.05) is 12.3 Å². The van der Waals surface area contributed by atoms with Crippen molar-refractivity contribution in [3.63, 3.8) is 0 Å².